The molecule has 2 heterocycles. The Morgan fingerprint density at radius 1 is 0.962 bits per heavy atom. The van der Waals surface area contributed by atoms with Crippen LogP contribution in [0.4, 0.5) is 5.69 Å². The molecule has 2 aliphatic carbocycles. The third-order valence-electron chi connectivity index (χ3n) is 7.01. The maximum Gasteiger partial charge on any atom is 0.0407 e. The highest BCUT2D eigenvalue weighted by Gasteiger charge is 2.44. The molecule has 26 heavy (non-hydrogen) atoms. The van der Waals surface area contributed by atoms with Crippen LogP contribution in [-0.2, 0) is 0 Å². The van der Waals surface area contributed by atoms with Gasteiger partial charge in [-0.05, 0) is 49.5 Å². The Balaban J connectivity index is 1.47. The topological polar surface area (TPSA) is 15.3 Å². The Morgan fingerprint density at radius 3 is 2.65 bits per heavy atom. The van der Waals surface area contributed by atoms with Crippen LogP contribution in [0.15, 0.2) is 72.0 Å². The van der Waals surface area contributed by atoms with Gasteiger partial charge in [0, 0.05) is 41.3 Å². The minimum Gasteiger partial charge on any atom is -0.381 e. The molecule has 0 aromatic heterocycles. The fourth-order valence-electron chi connectivity index (χ4n) is 5.55. The van der Waals surface area contributed by atoms with Gasteiger partial charge in [-0.3, -0.25) is 0 Å². The molecule has 1 aromatic rings. The summed E-state index contributed by atoms with van der Waals surface area (Å²) in [5, 5.41) is 3.78. The summed E-state index contributed by atoms with van der Waals surface area (Å²) in [4.78, 5) is 2.75. The predicted molar refractivity (Wildman–Crippen MR) is 109 cm³/mol. The molecule has 4 aliphatic rings. The maximum absolute atomic E-state index is 3.78. The lowest BCUT2D eigenvalue weighted by Crippen LogP contribution is -2.43. The molecule has 0 bridgehead atoms. The number of likely N-dealkylation sites (tertiary alicyclic amines) is 1. The Kier molecular flexibility index (Phi) is 3.81. The first-order valence-electron chi connectivity index (χ1n) is 10.1. The summed E-state index contributed by atoms with van der Waals surface area (Å²) in [6, 6.07) is 10.8. The molecular weight excluding hydrogens is 316 g/mol. The van der Waals surface area contributed by atoms with Crippen molar-refractivity contribution >= 4 is 5.69 Å². The molecule has 2 nitrogen and oxygen atoms in total. The van der Waals surface area contributed by atoms with Crippen LogP contribution >= 0.6 is 0 Å². The Morgan fingerprint density at radius 2 is 1.77 bits per heavy atom. The highest BCUT2D eigenvalue weighted by atomic mass is 15.2. The molecule has 3 unspecified atom stereocenters. The van der Waals surface area contributed by atoms with E-state index in [1.54, 1.807) is 0 Å². The largest absolute Gasteiger partial charge is 0.381 e. The van der Waals surface area contributed by atoms with Crippen molar-refractivity contribution < 1.29 is 0 Å². The molecule has 0 radical (unpaired) electrons. The highest BCUT2D eigenvalue weighted by Crippen LogP contribution is 2.48. The number of benzene rings is 1. The van der Waals surface area contributed by atoms with E-state index in [0.717, 1.165) is 0 Å². The van der Waals surface area contributed by atoms with Gasteiger partial charge < -0.3 is 10.2 Å². The third kappa shape index (κ3) is 2.39. The van der Waals surface area contributed by atoms with Crippen molar-refractivity contribution in [1.82, 2.24) is 4.90 Å². The molecule has 2 fully saturated rings. The summed E-state index contributed by atoms with van der Waals surface area (Å²) in [7, 11) is 0. The van der Waals surface area contributed by atoms with Gasteiger partial charge in [0.1, 0.15) is 0 Å². The second kappa shape index (κ2) is 6.19. The van der Waals surface area contributed by atoms with Gasteiger partial charge in [0.25, 0.3) is 0 Å². The average Bonchev–Trinajstić information content (AvgIpc) is 3.11. The van der Waals surface area contributed by atoms with Crippen molar-refractivity contribution in [2.24, 2.45) is 5.92 Å². The molecule has 2 heteroatoms. The van der Waals surface area contributed by atoms with Crippen molar-refractivity contribution in [2.75, 3.05) is 5.32 Å². The fourth-order valence-corrected chi connectivity index (χ4v) is 5.55. The Labute approximate surface area is 157 Å². The van der Waals surface area contributed by atoms with Gasteiger partial charge in [-0.15, -0.1) is 0 Å². The second-order valence-electron chi connectivity index (χ2n) is 8.29. The van der Waals surface area contributed by atoms with Crippen LogP contribution in [0.1, 0.15) is 44.6 Å². The van der Waals surface area contributed by atoms with Crippen LogP contribution in [0.3, 0.4) is 0 Å². The molecule has 1 saturated carbocycles. The molecule has 0 amide bonds. The van der Waals surface area contributed by atoms with E-state index in [0.29, 0.717) is 30.0 Å². The lowest BCUT2D eigenvalue weighted by Gasteiger charge is -2.41. The van der Waals surface area contributed by atoms with E-state index in [1.807, 2.05) is 0 Å². The van der Waals surface area contributed by atoms with Crippen molar-refractivity contribution in [1.29, 1.82) is 0 Å². The number of para-hydroxylation sites is 1. The van der Waals surface area contributed by atoms with Crippen LogP contribution < -0.4 is 5.32 Å². The smallest absolute Gasteiger partial charge is 0.0407 e. The summed E-state index contributed by atoms with van der Waals surface area (Å²) >= 11 is 0. The van der Waals surface area contributed by atoms with E-state index >= 15 is 0 Å². The van der Waals surface area contributed by atoms with Crippen LogP contribution in [0.5, 0.6) is 0 Å². The number of nitrogens with one attached hydrogen (secondary N) is 1. The van der Waals surface area contributed by atoms with Gasteiger partial charge in [0.2, 0.25) is 0 Å². The molecule has 0 spiro atoms. The second-order valence-corrected chi connectivity index (χ2v) is 8.29. The molecule has 5 rings (SSSR count). The number of nitrogens with zero attached hydrogens (tertiary/aromatic N) is 1. The standard InChI is InChI=1S/C24H28N2/c1-16-17(2)26(24-12-6-4-3-5-9-19(16)24)18-13-14-23-21(15-18)20-10-7-8-11-22(20)25-23/h3-12,16-18,21,23,25H,13-15H2,1-2H3/b4-3?,5-3-,6-4-,9-5?,12-6?,19-9?,24-12?/t16-,17?,18+,21?,23?/m0/s1. The SMILES string of the molecule is CC1[C@H](C)C2=C/C=C\C=C/C=C2N1[C@@H]1CCC2Nc3ccccc3C2C1. The third-order valence-corrected chi connectivity index (χ3v) is 7.01. The quantitative estimate of drug-likeness (QED) is 0.734. The zero-order valence-electron chi connectivity index (χ0n) is 15.7. The van der Waals surface area contributed by atoms with Gasteiger partial charge in [0.05, 0.1) is 0 Å². The van der Waals surface area contributed by atoms with Gasteiger partial charge in [-0.25, -0.2) is 0 Å². The highest BCUT2D eigenvalue weighted by molar-refractivity contribution is 5.59. The summed E-state index contributed by atoms with van der Waals surface area (Å²) in [6.45, 7) is 4.80. The number of fused-ring (bicyclic) bond motifs is 4. The van der Waals surface area contributed by atoms with E-state index in [1.165, 1.54) is 41.8 Å². The van der Waals surface area contributed by atoms with Gasteiger partial charge >= 0.3 is 0 Å². The first-order valence-corrected chi connectivity index (χ1v) is 10.1. The summed E-state index contributed by atoms with van der Waals surface area (Å²) in [5.41, 5.74) is 5.86. The van der Waals surface area contributed by atoms with Gasteiger partial charge in [0.15, 0.2) is 0 Å². The van der Waals surface area contributed by atoms with E-state index in [9.17, 15) is 0 Å². The Hall–Kier alpha value is -2.22. The van der Waals surface area contributed by atoms with Crippen LogP contribution in [0, 0.1) is 5.92 Å². The van der Waals surface area contributed by atoms with Crippen LogP contribution in [-0.4, -0.2) is 23.0 Å². The zero-order chi connectivity index (χ0) is 17.7. The van der Waals surface area contributed by atoms with Crippen molar-refractivity contribution in [3.8, 4) is 0 Å². The zero-order valence-corrected chi connectivity index (χ0v) is 15.7. The predicted octanol–water partition coefficient (Wildman–Crippen LogP) is 5.39. The van der Waals surface area contributed by atoms with Crippen molar-refractivity contribution in [2.45, 2.75) is 57.2 Å². The van der Waals surface area contributed by atoms with E-state index in [4.69, 9.17) is 0 Å². The lowest BCUT2D eigenvalue weighted by molar-refractivity contribution is 0.153. The fraction of sp³-hybridized carbons (Fsp3) is 0.417. The summed E-state index contributed by atoms with van der Waals surface area (Å²) < 4.78 is 0. The monoisotopic (exact) mass is 344 g/mol. The van der Waals surface area contributed by atoms with E-state index < -0.39 is 0 Å². The molecule has 2 aliphatic heterocycles. The first kappa shape index (κ1) is 16.0. The first-order chi connectivity index (χ1) is 12.7. The number of rotatable bonds is 1. The number of anilines is 1. The normalized spacial score (nSPS) is 37.3. The minimum atomic E-state index is 0.568. The van der Waals surface area contributed by atoms with Crippen LogP contribution in [0.2, 0.25) is 0 Å². The van der Waals surface area contributed by atoms with E-state index in [2.05, 4.69) is 84.8 Å². The van der Waals surface area contributed by atoms with Crippen molar-refractivity contribution in [3.63, 3.8) is 0 Å². The molecular formula is C24H28N2. The minimum absolute atomic E-state index is 0.568. The lowest BCUT2D eigenvalue weighted by atomic mass is 9.79. The van der Waals surface area contributed by atoms with Gasteiger partial charge in [-0.1, -0.05) is 55.5 Å². The molecule has 1 saturated heterocycles. The number of hydrogen-bond acceptors (Lipinski definition) is 2. The molecule has 134 valence electrons. The van der Waals surface area contributed by atoms with E-state index in [-0.39, 0.29) is 0 Å². The Bertz CT molecular complexity index is 828. The summed E-state index contributed by atoms with van der Waals surface area (Å²) in [6.07, 6.45) is 17.1. The molecule has 5 atom stereocenters. The van der Waals surface area contributed by atoms with Crippen molar-refractivity contribution in [3.05, 3.63) is 77.6 Å². The maximum atomic E-state index is 3.78. The number of hydrogen-bond donors (Lipinski definition) is 1. The van der Waals surface area contributed by atoms with Gasteiger partial charge in [-0.2, -0.15) is 0 Å². The van der Waals surface area contributed by atoms with Crippen LogP contribution in [0.25, 0.3) is 0 Å². The molecule has 1 aromatic carbocycles. The average molecular weight is 345 g/mol. The molecule has 1 N–H and O–H groups in total. The number of allylic oxidation sites excluding steroid dienone is 7. The summed E-state index contributed by atoms with van der Waals surface area (Å²) in [5.74, 6) is 1.24.